The molecule has 0 spiro atoms. The lowest BCUT2D eigenvalue weighted by molar-refractivity contribution is -0.141. The van der Waals surface area contributed by atoms with Crippen LogP contribution >= 0.6 is 11.8 Å². The number of benzene rings is 2. The quantitative estimate of drug-likeness (QED) is 0.611. The summed E-state index contributed by atoms with van der Waals surface area (Å²) < 4.78 is 5.21. The molecule has 0 unspecified atom stereocenters. The number of carbonyl (C=O) groups is 1. The van der Waals surface area contributed by atoms with Crippen molar-refractivity contribution in [3.05, 3.63) is 65.7 Å². The molecule has 0 aliphatic heterocycles. The first-order chi connectivity index (χ1) is 9.24. The minimum Gasteiger partial charge on any atom is -0.460 e. The van der Waals surface area contributed by atoms with E-state index in [4.69, 9.17) is 4.74 Å². The normalized spacial score (nSPS) is 10.2. The standard InChI is InChI=1S/C16H16O2S/c1-13-7-9-15(10-8-13)19-12-16(17)18-11-14-5-3-2-4-6-14/h2-10H,11-12H2,1H3. The highest BCUT2D eigenvalue weighted by atomic mass is 32.2. The molecule has 2 aromatic rings. The molecular formula is C16H16O2S. The van der Waals surface area contributed by atoms with E-state index in [1.807, 2.05) is 61.5 Å². The third-order valence-corrected chi connectivity index (χ3v) is 3.61. The van der Waals surface area contributed by atoms with Crippen LogP contribution in [-0.2, 0) is 16.1 Å². The van der Waals surface area contributed by atoms with Crippen LogP contribution in [0.5, 0.6) is 0 Å². The van der Waals surface area contributed by atoms with Gasteiger partial charge in [0.1, 0.15) is 6.61 Å². The second kappa shape index (κ2) is 7.00. The van der Waals surface area contributed by atoms with Crippen LogP contribution in [-0.4, -0.2) is 11.7 Å². The van der Waals surface area contributed by atoms with Crippen molar-refractivity contribution in [3.63, 3.8) is 0 Å². The summed E-state index contributed by atoms with van der Waals surface area (Å²) in [6, 6.07) is 17.8. The van der Waals surface area contributed by atoms with Crippen LogP contribution in [0, 0.1) is 6.92 Å². The van der Waals surface area contributed by atoms with Crippen LogP contribution in [0.15, 0.2) is 59.5 Å². The van der Waals surface area contributed by atoms with Gasteiger partial charge in [0, 0.05) is 4.90 Å². The molecule has 0 bridgehead atoms. The molecular weight excluding hydrogens is 256 g/mol. The van der Waals surface area contributed by atoms with Gasteiger partial charge < -0.3 is 4.74 Å². The highest BCUT2D eigenvalue weighted by Crippen LogP contribution is 2.18. The Morgan fingerprint density at radius 2 is 1.74 bits per heavy atom. The molecule has 0 aromatic heterocycles. The van der Waals surface area contributed by atoms with Crippen molar-refractivity contribution in [2.24, 2.45) is 0 Å². The molecule has 0 fully saturated rings. The second-order valence-corrected chi connectivity index (χ2v) is 5.30. The van der Waals surface area contributed by atoms with E-state index in [1.165, 1.54) is 17.3 Å². The zero-order valence-electron chi connectivity index (χ0n) is 10.8. The van der Waals surface area contributed by atoms with Gasteiger partial charge in [-0.2, -0.15) is 0 Å². The van der Waals surface area contributed by atoms with Crippen molar-refractivity contribution in [2.45, 2.75) is 18.4 Å². The summed E-state index contributed by atoms with van der Waals surface area (Å²) in [6.07, 6.45) is 0. The Balaban J connectivity index is 1.74. The van der Waals surface area contributed by atoms with Gasteiger partial charge in [-0.25, -0.2) is 0 Å². The van der Waals surface area contributed by atoms with Crippen molar-refractivity contribution in [1.82, 2.24) is 0 Å². The Morgan fingerprint density at radius 1 is 1.05 bits per heavy atom. The van der Waals surface area contributed by atoms with Crippen LogP contribution in [0.2, 0.25) is 0 Å². The molecule has 0 saturated carbocycles. The van der Waals surface area contributed by atoms with Gasteiger partial charge in [-0.05, 0) is 24.6 Å². The Kier molecular flexibility index (Phi) is 5.04. The largest absolute Gasteiger partial charge is 0.460 e. The van der Waals surface area contributed by atoms with Crippen molar-refractivity contribution < 1.29 is 9.53 Å². The predicted molar refractivity (Wildman–Crippen MR) is 78.1 cm³/mol. The van der Waals surface area contributed by atoms with E-state index in [9.17, 15) is 4.79 Å². The Labute approximate surface area is 117 Å². The molecule has 0 heterocycles. The monoisotopic (exact) mass is 272 g/mol. The zero-order valence-corrected chi connectivity index (χ0v) is 11.7. The average Bonchev–Trinajstić information content (AvgIpc) is 2.45. The molecule has 2 rings (SSSR count). The van der Waals surface area contributed by atoms with Crippen LogP contribution < -0.4 is 0 Å². The van der Waals surface area contributed by atoms with Crippen LogP contribution in [0.1, 0.15) is 11.1 Å². The molecule has 19 heavy (non-hydrogen) atoms. The first-order valence-electron chi connectivity index (χ1n) is 6.13. The molecule has 0 atom stereocenters. The summed E-state index contributed by atoms with van der Waals surface area (Å²) in [5, 5.41) is 0. The summed E-state index contributed by atoms with van der Waals surface area (Å²) in [6.45, 7) is 2.39. The molecule has 0 radical (unpaired) electrons. The number of rotatable bonds is 5. The molecule has 3 heteroatoms. The van der Waals surface area contributed by atoms with Crippen LogP contribution in [0.3, 0.4) is 0 Å². The van der Waals surface area contributed by atoms with Crippen LogP contribution in [0.25, 0.3) is 0 Å². The fraction of sp³-hybridized carbons (Fsp3) is 0.188. The topological polar surface area (TPSA) is 26.3 Å². The lowest BCUT2D eigenvalue weighted by Gasteiger charge is -2.05. The van der Waals surface area contributed by atoms with Gasteiger partial charge in [-0.1, -0.05) is 48.0 Å². The first kappa shape index (κ1) is 13.7. The number of hydrogen-bond acceptors (Lipinski definition) is 3. The van der Waals surface area contributed by atoms with E-state index < -0.39 is 0 Å². The fourth-order valence-electron chi connectivity index (χ4n) is 1.56. The van der Waals surface area contributed by atoms with Gasteiger partial charge >= 0.3 is 5.97 Å². The van der Waals surface area contributed by atoms with Gasteiger partial charge in [0.15, 0.2) is 0 Å². The molecule has 2 aromatic carbocycles. The van der Waals surface area contributed by atoms with E-state index in [0.717, 1.165) is 10.5 Å². The maximum absolute atomic E-state index is 11.6. The smallest absolute Gasteiger partial charge is 0.316 e. The predicted octanol–water partition coefficient (Wildman–Crippen LogP) is 3.83. The van der Waals surface area contributed by atoms with E-state index in [1.54, 1.807) is 0 Å². The molecule has 0 aliphatic carbocycles. The fourth-order valence-corrected chi connectivity index (χ4v) is 2.25. The summed E-state index contributed by atoms with van der Waals surface area (Å²) >= 11 is 1.50. The van der Waals surface area contributed by atoms with Gasteiger partial charge in [0.2, 0.25) is 0 Å². The molecule has 0 aliphatic rings. The molecule has 2 nitrogen and oxygen atoms in total. The summed E-state index contributed by atoms with van der Waals surface area (Å²) in [5.41, 5.74) is 2.23. The third-order valence-electron chi connectivity index (χ3n) is 2.62. The number of hydrogen-bond donors (Lipinski definition) is 0. The molecule has 0 N–H and O–H groups in total. The molecule has 98 valence electrons. The van der Waals surface area contributed by atoms with Crippen molar-refractivity contribution in [1.29, 1.82) is 0 Å². The van der Waals surface area contributed by atoms with Crippen molar-refractivity contribution in [3.8, 4) is 0 Å². The van der Waals surface area contributed by atoms with E-state index in [0.29, 0.717) is 12.4 Å². The number of esters is 1. The maximum atomic E-state index is 11.6. The zero-order chi connectivity index (χ0) is 13.5. The Morgan fingerprint density at radius 3 is 2.42 bits per heavy atom. The van der Waals surface area contributed by atoms with Crippen molar-refractivity contribution in [2.75, 3.05) is 5.75 Å². The summed E-state index contributed by atoms with van der Waals surface area (Å²) in [5.74, 6) is 0.157. The second-order valence-electron chi connectivity index (χ2n) is 4.25. The van der Waals surface area contributed by atoms with Crippen LogP contribution in [0.4, 0.5) is 0 Å². The van der Waals surface area contributed by atoms with Gasteiger partial charge in [0.25, 0.3) is 0 Å². The number of thioether (sulfide) groups is 1. The molecule has 0 saturated heterocycles. The Bertz CT molecular complexity index is 520. The number of carbonyl (C=O) groups excluding carboxylic acids is 1. The minimum absolute atomic E-state index is 0.186. The maximum Gasteiger partial charge on any atom is 0.316 e. The van der Waals surface area contributed by atoms with E-state index >= 15 is 0 Å². The van der Waals surface area contributed by atoms with Crippen molar-refractivity contribution >= 4 is 17.7 Å². The summed E-state index contributed by atoms with van der Waals surface area (Å²) in [7, 11) is 0. The Hall–Kier alpha value is -1.74. The van der Waals surface area contributed by atoms with Gasteiger partial charge in [-0.3, -0.25) is 4.79 Å². The number of ether oxygens (including phenoxy) is 1. The lowest BCUT2D eigenvalue weighted by Crippen LogP contribution is -2.07. The first-order valence-corrected chi connectivity index (χ1v) is 7.11. The van der Waals surface area contributed by atoms with E-state index in [-0.39, 0.29) is 5.97 Å². The third kappa shape index (κ3) is 4.79. The van der Waals surface area contributed by atoms with Gasteiger partial charge in [-0.15, -0.1) is 11.8 Å². The highest BCUT2D eigenvalue weighted by Gasteiger charge is 2.04. The summed E-state index contributed by atoms with van der Waals surface area (Å²) in [4.78, 5) is 12.7. The highest BCUT2D eigenvalue weighted by molar-refractivity contribution is 8.00. The van der Waals surface area contributed by atoms with E-state index in [2.05, 4.69) is 0 Å². The lowest BCUT2D eigenvalue weighted by atomic mass is 10.2. The molecule has 0 amide bonds. The van der Waals surface area contributed by atoms with Gasteiger partial charge in [0.05, 0.1) is 5.75 Å². The SMILES string of the molecule is Cc1ccc(SCC(=O)OCc2ccccc2)cc1. The average molecular weight is 272 g/mol. The number of aryl methyl sites for hydroxylation is 1. The minimum atomic E-state index is -0.186.